The number of carbonyl (C=O) groups is 2. The predicted octanol–water partition coefficient (Wildman–Crippen LogP) is 2.67. The van der Waals surface area contributed by atoms with E-state index in [0.717, 1.165) is 10.6 Å². The van der Waals surface area contributed by atoms with Crippen molar-refractivity contribution in [2.45, 2.75) is 27.7 Å². The lowest BCUT2D eigenvalue weighted by atomic mass is 10.1. The normalized spacial score (nSPS) is 10.7. The molecule has 0 radical (unpaired) electrons. The number of aromatic nitrogens is 2. The maximum atomic E-state index is 12.4. The first kappa shape index (κ1) is 15.2. The third-order valence-electron chi connectivity index (χ3n) is 3.56. The van der Waals surface area contributed by atoms with Gasteiger partial charge in [0.05, 0.1) is 16.8 Å². The molecule has 0 fully saturated rings. The lowest BCUT2D eigenvalue weighted by Crippen LogP contribution is -2.15. The van der Waals surface area contributed by atoms with Crippen LogP contribution in [-0.2, 0) is 7.05 Å². The standard InChI is InChI=1S/C14H17N3O3S/c1-6-9(4)21-13(10(6)14(19)20)15-12(18)11-7(2)16-17(5)8(11)3/h1-5H3,(H,15,18)(H,19,20). The Morgan fingerprint density at radius 2 is 1.81 bits per heavy atom. The molecule has 0 bridgehead atoms. The van der Waals surface area contributed by atoms with Gasteiger partial charge in [0.15, 0.2) is 0 Å². The van der Waals surface area contributed by atoms with Gasteiger partial charge in [-0.3, -0.25) is 9.48 Å². The molecule has 21 heavy (non-hydrogen) atoms. The zero-order chi connectivity index (χ0) is 15.9. The van der Waals surface area contributed by atoms with Crippen LogP contribution in [0.3, 0.4) is 0 Å². The Bertz CT molecular complexity index is 743. The summed E-state index contributed by atoms with van der Waals surface area (Å²) in [6, 6.07) is 0. The van der Waals surface area contributed by atoms with E-state index in [2.05, 4.69) is 10.4 Å². The van der Waals surface area contributed by atoms with E-state index in [1.54, 1.807) is 32.5 Å². The Hall–Kier alpha value is -2.15. The third kappa shape index (κ3) is 2.56. The highest BCUT2D eigenvalue weighted by atomic mass is 32.1. The summed E-state index contributed by atoms with van der Waals surface area (Å²) in [5, 5.41) is 16.6. The molecule has 0 aromatic carbocycles. The number of nitrogens with one attached hydrogen (secondary N) is 1. The van der Waals surface area contributed by atoms with Crippen LogP contribution in [-0.4, -0.2) is 26.8 Å². The Morgan fingerprint density at radius 1 is 1.19 bits per heavy atom. The lowest BCUT2D eigenvalue weighted by Gasteiger charge is -2.05. The first-order valence-corrected chi connectivity index (χ1v) is 7.20. The Kier molecular flexibility index (Phi) is 3.87. The predicted molar refractivity (Wildman–Crippen MR) is 81.4 cm³/mol. The highest BCUT2D eigenvalue weighted by Gasteiger charge is 2.23. The van der Waals surface area contributed by atoms with Crippen molar-refractivity contribution in [1.29, 1.82) is 0 Å². The molecule has 0 aliphatic rings. The second-order valence-electron chi connectivity index (χ2n) is 4.92. The summed E-state index contributed by atoms with van der Waals surface area (Å²) in [5.41, 5.74) is 2.69. The minimum atomic E-state index is -1.04. The molecule has 0 spiro atoms. The molecule has 112 valence electrons. The summed E-state index contributed by atoms with van der Waals surface area (Å²) in [6.07, 6.45) is 0. The number of thiophene rings is 1. The molecule has 0 saturated carbocycles. The van der Waals surface area contributed by atoms with Gasteiger partial charge in [-0.05, 0) is 33.3 Å². The van der Waals surface area contributed by atoms with Crippen LogP contribution in [0.2, 0.25) is 0 Å². The van der Waals surface area contributed by atoms with E-state index in [9.17, 15) is 14.7 Å². The number of rotatable bonds is 3. The molecule has 0 aliphatic carbocycles. The van der Waals surface area contributed by atoms with Crippen LogP contribution in [0, 0.1) is 27.7 Å². The van der Waals surface area contributed by atoms with Crippen molar-refractivity contribution < 1.29 is 14.7 Å². The van der Waals surface area contributed by atoms with Gasteiger partial charge in [-0.15, -0.1) is 11.3 Å². The third-order valence-corrected chi connectivity index (χ3v) is 4.68. The second kappa shape index (κ2) is 5.33. The van der Waals surface area contributed by atoms with E-state index in [4.69, 9.17) is 0 Å². The molecule has 2 N–H and O–H groups in total. The van der Waals surface area contributed by atoms with E-state index < -0.39 is 5.97 Å². The van der Waals surface area contributed by atoms with Gasteiger partial charge < -0.3 is 10.4 Å². The molecule has 0 unspecified atom stereocenters. The van der Waals surface area contributed by atoms with Gasteiger partial charge >= 0.3 is 5.97 Å². The maximum Gasteiger partial charge on any atom is 0.338 e. The van der Waals surface area contributed by atoms with Crippen LogP contribution in [0.25, 0.3) is 0 Å². The topological polar surface area (TPSA) is 84.2 Å². The van der Waals surface area contributed by atoms with Gasteiger partial charge in [-0.2, -0.15) is 5.10 Å². The fourth-order valence-corrected chi connectivity index (χ4v) is 3.29. The number of nitrogens with zero attached hydrogens (tertiary/aromatic N) is 2. The summed E-state index contributed by atoms with van der Waals surface area (Å²) >= 11 is 1.27. The largest absolute Gasteiger partial charge is 0.478 e. The molecule has 0 saturated heterocycles. The molecular weight excluding hydrogens is 290 g/mol. The average molecular weight is 307 g/mol. The SMILES string of the molecule is Cc1nn(C)c(C)c1C(=O)Nc1sc(C)c(C)c1C(=O)O. The summed E-state index contributed by atoms with van der Waals surface area (Å²) < 4.78 is 1.63. The number of anilines is 1. The zero-order valence-electron chi connectivity index (χ0n) is 12.6. The van der Waals surface area contributed by atoms with Gasteiger partial charge in [0.25, 0.3) is 5.91 Å². The van der Waals surface area contributed by atoms with Crippen molar-refractivity contribution >= 4 is 28.2 Å². The summed E-state index contributed by atoms with van der Waals surface area (Å²) in [5.74, 6) is -1.37. The number of carbonyl (C=O) groups excluding carboxylic acids is 1. The minimum absolute atomic E-state index is 0.157. The Labute approximate surface area is 126 Å². The van der Waals surface area contributed by atoms with Crippen LogP contribution < -0.4 is 5.32 Å². The van der Waals surface area contributed by atoms with Crippen LogP contribution in [0.4, 0.5) is 5.00 Å². The number of aryl methyl sites for hydroxylation is 3. The molecule has 0 atom stereocenters. The number of carboxylic acids is 1. The van der Waals surface area contributed by atoms with Gasteiger partial charge in [0, 0.05) is 17.6 Å². The quantitative estimate of drug-likeness (QED) is 0.913. The van der Waals surface area contributed by atoms with Crippen LogP contribution in [0.5, 0.6) is 0 Å². The summed E-state index contributed by atoms with van der Waals surface area (Å²) in [4.78, 5) is 24.6. The highest BCUT2D eigenvalue weighted by molar-refractivity contribution is 7.16. The van der Waals surface area contributed by atoms with Gasteiger partial charge in [-0.1, -0.05) is 0 Å². The number of hydrogen-bond donors (Lipinski definition) is 2. The summed E-state index contributed by atoms with van der Waals surface area (Å²) in [6.45, 7) is 7.14. The maximum absolute atomic E-state index is 12.4. The van der Waals surface area contributed by atoms with Crippen molar-refractivity contribution in [3.63, 3.8) is 0 Å². The van der Waals surface area contributed by atoms with Crippen molar-refractivity contribution in [3.05, 3.63) is 33.0 Å². The van der Waals surface area contributed by atoms with Crippen molar-refractivity contribution in [1.82, 2.24) is 9.78 Å². The molecule has 7 heteroatoms. The molecule has 6 nitrogen and oxygen atoms in total. The number of hydrogen-bond acceptors (Lipinski definition) is 4. The smallest absolute Gasteiger partial charge is 0.338 e. The average Bonchev–Trinajstić information content (AvgIpc) is 2.77. The van der Waals surface area contributed by atoms with Crippen molar-refractivity contribution in [2.75, 3.05) is 5.32 Å². The zero-order valence-corrected chi connectivity index (χ0v) is 13.4. The first-order chi connectivity index (χ1) is 9.73. The van der Waals surface area contributed by atoms with Crippen LogP contribution in [0.15, 0.2) is 0 Å². The fraction of sp³-hybridized carbons (Fsp3) is 0.357. The Balaban J connectivity index is 2.41. The van der Waals surface area contributed by atoms with Crippen molar-refractivity contribution in [2.24, 2.45) is 7.05 Å². The molecule has 2 heterocycles. The van der Waals surface area contributed by atoms with Crippen LogP contribution >= 0.6 is 11.3 Å². The summed E-state index contributed by atoms with van der Waals surface area (Å²) in [7, 11) is 1.77. The lowest BCUT2D eigenvalue weighted by molar-refractivity contribution is 0.0697. The Morgan fingerprint density at radius 3 is 2.29 bits per heavy atom. The van der Waals surface area contributed by atoms with E-state index in [1.165, 1.54) is 11.3 Å². The molecule has 2 rings (SSSR count). The first-order valence-electron chi connectivity index (χ1n) is 6.38. The monoisotopic (exact) mass is 307 g/mol. The van der Waals surface area contributed by atoms with Gasteiger partial charge in [-0.25, -0.2) is 4.79 Å². The van der Waals surface area contributed by atoms with E-state index in [-0.39, 0.29) is 11.5 Å². The minimum Gasteiger partial charge on any atom is -0.478 e. The second-order valence-corrected chi connectivity index (χ2v) is 6.14. The molecule has 1 amide bonds. The molecule has 0 aliphatic heterocycles. The fourth-order valence-electron chi connectivity index (χ4n) is 2.24. The number of carboxylic acid groups (broad SMARTS) is 1. The van der Waals surface area contributed by atoms with Crippen LogP contribution in [0.1, 0.15) is 42.5 Å². The molecule has 2 aromatic rings. The number of amides is 1. The van der Waals surface area contributed by atoms with Crippen molar-refractivity contribution in [3.8, 4) is 0 Å². The van der Waals surface area contributed by atoms with Gasteiger partial charge in [0.1, 0.15) is 5.00 Å². The molecular formula is C14H17N3O3S. The van der Waals surface area contributed by atoms with Gasteiger partial charge in [0.2, 0.25) is 0 Å². The van der Waals surface area contributed by atoms with E-state index >= 15 is 0 Å². The molecule has 2 aromatic heterocycles. The highest BCUT2D eigenvalue weighted by Crippen LogP contribution is 2.33. The van der Waals surface area contributed by atoms with E-state index in [0.29, 0.717) is 21.8 Å². The number of aromatic carboxylic acids is 1. The van der Waals surface area contributed by atoms with E-state index in [1.807, 2.05) is 6.92 Å².